The standard InChI is InChI=1S/C28H40N/c1-5-8-19-29(20-9-6-2,21-10-7-3)22-28-26-17-13-11-15-24(26)23(4)25-16-12-14-18-27(25)28/h11-18H,5-10,19-22H2,1-4H3/q+1. The van der Waals surface area contributed by atoms with Crippen LogP contribution in [0.1, 0.15) is 70.4 Å². The van der Waals surface area contributed by atoms with E-state index in [1.54, 1.807) is 5.56 Å². The van der Waals surface area contributed by atoms with E-state index < -0.39 is 0 Å². The molecule has 1 heteroatoms. The van der Waals surface area contributed by atoms with Gasteiger partial charge in [-0.1, -0.05) is 88.6 Å². The molecule has 0 unspecified atom stereocenters. The van der Waals surface area contributed by atoms with E-state index in [2.05, 4.69) is 76.2 Å². The largest absolute Gasteiger partial charge is 0.320 e. The second-order valence-electron chi connectivity index (χ2n) is 8.93. The summed E-state index contributed by atoms with van der Waals surface area (Å²) in [6.07, 6.45) is 7.84. The van der Waals surface area contributed by atoms with E-state index in [1.165, 1.54) is 96.3 Å². The second-order valence-corrected chi connectivity index (χ2v) is 8.93. The van der Waals surface area contributed by atoms with Crippen molar-refractivity contribution in [1.82, 2.24) is 0 Å². The van der Waals surface area contributed by atoms with Gasteiger partial charge in [0.15, 0.2) is 0 Å². The predicted molar refractivity (Wildman–Crippen MR) is 129 cm³/mol. The van der Waals surface area contributed by atoms with Gasteiger partial charge in [-0.2, -0.15) is 0 Å². The van der Waals surface area contributed by atoms with Gasteiger partial charge in [0.25, 0.3) is 0 Å². The second kappa shape index (κ2) is 10.3. The Morgan fingerprint density at radius 2 is 0.966 bits per heavy atom. The van der Waals surface area contributed by atoms with Gasteiger partial charge in [0.05, 0.1) is 19.6 Å². The molecule has 0 fully saturated rings. The summed E-state index contributed by atoms with van der Waals surface area (Å²) in [7, 11) is 0. The van der Waals surface area contributed by atoms with Gasteiger partial charge in [0.2, 0.25) is 0 Å². The zero-order chi connectivity index (χ0) is 20.7. The molecule has 3 rings (SSSR count). The Morgan fingerprint density at radius 1 is 0.586 bits per heavy atom. The Hall–Kier alpha value is -1.86. The molecule has 156 valence electrons. The molecule has 0 amide bonds. The van der Waals surface area contributed by atoms with Gasteiger partial charge >= 0.3 is 0 Å². The minimum absolute atomic E-state index is 1.17. The maximum Gasteiger partial charge on any atom is 0.106 e. The van der Waals surface area contributed by atoms with Crippen LogP contribution >= 0.6 is 0 Å². The molecule has 29 heavy (non-hydrogen) atoms. The lowest BCUT2D eigenvalue weighted by molar-refractivity contribution is -0.941. The highest BCUT2D eigenvalue weighted by atomic mass is 15.3. The predicted octanol–water partition coefficient (Wildman–Crippen LogP) is 8.02. The number of quaternary nitrogens is 1. The quantitative estimate of drug-likeness (QED) is 0.230. The molecule has 0 saturated carbocycles. The fourth-order valence-corrected chi connectivity index (χ4v) is 5.00. The topological polar surface area (TPSA) is 0 Å². The Morgan fingerprint density at radius 3 is 1.34 bits per heavy atom. The van der Waals surface area contributed by atoms with Crippen LogP contribution in [0.5, 0.6) is 0 Å². The fourth-order valence-electron chi connectivity index (χ4n) is 5.00. The van der Waals surface area contributed by atoms with Crippen LogP contribution < -0.4 is 0 Å². The highest BCUT2D eigenvalue weighted by Crippen LogP contribution is 2.35. The van der Waals surface area contributed by atoms with Crippen molar-refractivity contribution in [3.8, 4) is 0 Å². The van der Waals surface area contributed by atoms with Crippen molar-refractivity contribution in [1.29, 1.82) is 0 Å². The number of unbranched alkanes of at least 4 members (excludes halogenated alkanes) is 3. The Bertz CT molecular complexity index is 845. The third-order valence-electron chi connectivity index (χ3n) is 6.76. The van der Waals surface area contributed by atoms with Crippen molar-refractivity contribution >= 4 is 21.5 Å². The van der Waals surface area contributed by atoms with E-state index in [9.17, 15) is 0 Å². The summed E-state index contributed by atoms with van der Waals surface area (Å²) in [5.41, 5.74) is 3.00. The average molecular weight is 391 g/mol. The zero-order valence-electron chi connectivity index (χ0n) is 19.1. The molecule has 0 aliphatic heterocycles. The van der Waals surface area contributed by atoms with Crippen LogP contribution in [-0.2, 0) is 6.54 Å². The molecule has 0 aromatic heterocycles. The first-order valence-corrected chi connectivity index (χ1v) is 11.9. The lowest BCUT2D eigenvalue weighted by atomic mass is 9.91. The number of hydrogen-bond donors (Lipinski definition) is 0. The van der Waals surface area contributed by atoms with Crippen LogP contribution in [0.2, 0.25) is 0 Å². The minimum Gasteiger partial charge on any atom is -0.320 e. The smallest absolute Gasteiger partial charge is 0.106 e. The van der Waals surface area contributed by atoms with Crippen molar-refractivity contribution in [2.24, 2.45) is 0 Å². The van der Waals surface area contributed by atoms with Crippen LogP contribution in [0, 0.1) is 6.92 Å². The third-order valence-corrected chi connectivity index (χ3v) is 6.76. The van der Waals surface area contributed by atoms with Crippen LogP contribution in [0.3, 0.4) is 0 Å². The first-order valence-electron chi connectivity index (χ1n) is 11.9. The monoisotopic (exact) mass is 390 g/mol. The molecule has 0 saturated heterocycles. The maximum absolute atomic E-state index is 2.36. The van der Waals surface area contributed by atoms with Crippen LogP contribution in [0.25, 0.3) is 21.5 Å². The number of nitrogens with zero attached hydrogens (tertiary/aromatic N) is 1. The van der Waals surface area contributed by atoms with E-state index in [-0.39, 0.29) is 0 Å². The molecule has 0 N–H and O–H groups in total. The third kappa shape index (κ3) is 4.83. The molecule has 0 bridgehead atoms. The molecule has 0 radical (unpaired) electrons. The molecule has 3 aromatic rings. The molecular formula is C28H40N+. The average Bonchev–Trinajstić information content (AvgIpc) is 2.77. The number of rotatable bonds is 11. The highest BCUT2D eigenvalue weighted by Gasteiger charge is 2.28. The van der Waals surface area contributed by atoms with Gasteiger partial charge in [0.1, 0.15) is 6.54 Å². The molecule has 0 spiro atoms. The first kappa shape index (κ1) is 21.8. The Balaban J connectivity index is 2.17. The van der Waals surface area contributed by atoms with Crippen molar-refractivity contribution < 1.29 is 4.48 Å². The minimum atomic E-state index is 1.17. The number of fused-ring (bicyclic) bond motifs is 2. The number of aryl methyl sites for hydroxylation is 1. The number of benzene rings is 3. The van der Waals surface area contributed by atoms with Crippen molar-refractivity contribution in [2.45, 2.75) is 72.8 Å². The molecule has 0 atom stereocenters. The summed E-state index contributed by atoms with van der Waals surface area (Å²) in [6, 6.07) is 18.2. The van der Waals surface area contributed by atoms with Gasteiger partial charge in [0, 0.05) is 5.56 Å². The van der Waals surface area contributed by atoms with Gasteiger partial charge in [-0.15, -0.1) is 0 Å². The highest BCUT2D eigenvalue weighted by molar-refractivity contribution is 6.05. The van der Waals surface area contributed by atoms with Gasteiger partial charge in [-0.05, 0) is 53.3 Å². The maximum atomic E-state index is 2.36. The molecular weight excluding hydrogens is 350 g/mol. The van der Waals surface area contributed by atoms with Gasteiger partial charge < -0.3 is 4.48 Å². The van der Waals surface area contributed by atoms with E-state index >= 15 is 0 Å². The summed E-state index contributed by atoms with van der Waals surface area (Å²) in [5, 5.41) is 5.80. The van der Waals surface area contributed by atoms with E-state index in [0.29, 0.717) is 0 Å². The lowest BCUT2D eigenvalue weighted by Crippen LogP contribution is -2.49. The summed E-state index contributed by atoms with van der Waals surface area (Å²) >= 11 is 0. The van der Waals surface area contributed by atoms with Crippen LogP contribution in [0.15, 0.2) is 48.5 Å². The Kier molecular flexibility index (Phi) is 7.72. The lowest BCUT2D eigenvalue weighted by Gasteiger charge is -2.40. The summed E-state index contributed by atoms with van der Waals surface area (Å²) in [5.74, 6) is 0. The van der Waals surface area contributed by atoms with Crippen molar-refractivity contribution in [3.05, 3.63) is 59.7 Å². The van der Waals surface area contributed by atoms with E-state index in [1.807, 2.05) is 0 Å². The van der Waals surface area contributed by atoms with Gasteiger partial charge in [-0.25, -0.2) is 0 Å². The molecule has 3 aromatic carbocycles. The van der Waals surface area contributed by atoms with E-state index in [0.717, 1.165) is 0 Å². The van der Waals surface area contributed by atoms with Crippen molar-refractivity contribution in [2.75, 3.05) is 19.6 Å². The molecule has 0 aliphatic carbocycles. The number of hydrogen-bond acceptors (Lipinski definition) is 0. The molecule has 1 nitrogen and oxygen atoms in total. The first-order chi connectivity index (χ1) is 14.2. The fraction of sp³-hybridized carbons (Fsp3) is 0.500. The van der Waals surface area contributed by atoms with Crippen LogP contribution in [0.4, 0.5) is 0 Å². The Labute approximate surface area is 178 Å². The SMILES string of the molecule is CCCC[N+](CCCC)(CCCC)Cc1c2ccccc2c(C)c2ccccc12. The zero-order valence-corrected chi connectivity index (χ0v) is 19.1. The molecule has 0 heterocycles. The van der Waals surface area contributed by atoms with Gasteiger partial charge in [-0.3, -0.25) is 0 Å². The van der Waals surface area contributed by atoms with E-state index in [4.69, 9.17) is 0 Å². The summed E-state index contributed by atoms with van der Waals surface area (Å²) in [6.45, 7) is 14.4. The summed E-state index contributed by atoms with van der Waals surface area (Å²) in [4.78, 5) is 0. The van der Waals surface area contributed by atoms with Crippen LogP contribution in [-0.4, -0.2) is 24.1 Å². The summed E-state index contributed by atoms with van der Waals surface area (Å²) < 4.78 is 1.26. The normalized spacial score (nSPS) is 12.1. The molecule has 0 aliphatic rings. The van der Waals surface area contributed by atoms with Crippen molar-refractivity contribution in [3.63, 3.8) is 0 Å².